The first-order chi connectivity index (χ1) is 8.58. The largest absolute Gasteiger partial charge is 0.393 e. The molecule has 0 saturated heterocycles. The molecule has 1 N–H and O–H groups in total. The molecule has 0 spiro atoms. The van der Waals surface area contributed by atoms with Gasteiger partial charge in [0.15, 0.2) is 5.82 Å². The number of aromatic nitrogens is 4. The van der Waals surface area contributed by atoms with E-state index >= 15 is 0 Å². The van der Waals surface area contributed by atoms with Crippen molar-refractivity contribution in [3.8, 4) is 0 Å². The third kappa shape index (κ3) is 3.05. The van der Waals surface area contributed by atoms with Crippen molar-refractivity contribution < 1.29 is 5.11 Å². The maximum absolute atomic E-state index is 9.83. The first-order valence-corrected chi connectivity index (χ1v) is 6.71. The Bertz CT molecular complexity index is 378. The van der Waals surface area contributed by atoms with E-state index in [2.05, 4.69) is 41.3 Å². The van der Waals surface area contributed by atoms with E-state index in [1.165, 1.54) is 0 Å². The van der Waals surface area contributed by atoms with Gasteiger partial charge in [0.25, 0.3) is 0 Å². The molecule has 0 aromatic carbocycles. The van der Waals surface area contributed by atoms with Crippen LogP contribution in [-0.2, 0) is 6.54 Å². The summed E-state index contributed by atoms with van der Waals surface area (Å²) in [6.45, 7) is 5.78. The maximum Gasteiger partial charge on any atom is 0.165 e. The molecule has 1 aliphatic rings. The smallest absolute Gasteiger partial charge is 0.165 e. The standard InChI is InChI=1S/C12H23N5O/c1-9(2)17-12(13-14-15-17)8-16(3)7-10-5-4-6-11(10)18/h9-11,18H,4-8H2,1-3H3. The van der Waals surface area contributed by atoms with Gasteiger partial charge in [0.2, 0.25) is 0 Å². The highest BCUT2D eigenvalue weighted by Crippen LogP contribution is 2.26. The van der Waals surface area contributed by atoms with E-state index < -0.39 is 0 Å². The third-order valence-corrected chi connectivity index (χ3v) is 3.63. The fourth-order valence-corrected chi connectivity index (χ4v) is 2.65. The Morgan fingerprint density at radius 3 is 2.83 bits per heavy atom. The van der Waals surface area contributed by atoms with Crippen molar-refractivity contribution >= 4 is 0 Å². The summed E-state index contributed by atoms with van der Waals surface area (Å²) in [5.74, 6) is 1.29. The normalized spacial score (nSPS) is 24.3. The van der Waals surface area contributed by atoms with Gasteiger partial charge in [-0.2, -0.15) is 0 Å². The van der Waals surface area contributed by atoms with E-state index in [1.54, 1.807) is 0 Å². The molecule has 6 nitrogen and oxygen atoms in total. The minimum absolute atomic E-state index is 0.131. The molecular formula is C12H23N5O. The van der Waals surface area contributed by atoms with Gasteiger partial charge in [-0.25, -0.2) is 4.68 Å². The Kier molecular flexibility index (Phi) is 4.29. The average molecular weight is 253 g/mol. The van der Waals surface area contributed by atoms with E-state index in [4.69, 9.17) is 0 Å². The van der Waals surface area contributed by atoms with Crippen LogP contribution in [0, 0.1) is 5.92 Å². The van der Waals surface area contributed by atoms with Crippen LogP contribution in [0.2, 0.25) is 0 Å². The molecule has 1 saturated carbocycles. The van der Waals surface area contributed by atoms with Gasteiger partial charge < -0.3 is 5.11 Å². The van der Waals surface area contributed by atoms with Crippen molar-refractivity contribution in [1.82, 2.24) is 25.1 Å². The number of hydrogen-bond acceptors (Lipinski definition) is 5. The van der Waals surface area contributed by atoms with E-state index in [9.17, 15) is 5.11 Å². The van der Waals surface area contributed by atoms with Crippen molar-refractivity contribution in [2.75, 3.05) is 13.6 Å². The maximum atomic E-state index is 9.83. The molecule has 102 valence electrons. The summed E-state index contributed by atoms with van der Waals surface area (Å²) in [4.78, 5) is 2.20. The number of rotatable bonds is 5. The average Bonchev–Trinajstić information content (AvgIpc) is 2.89. The molecule has 0 radical (unpaired) electrons. The Hall–Kier alpha value is -1.01. The van der Waals surface area contributed by atoms with Gasteiger partial charge in [-0.3, -0.25) is 4.90 Å². The van der Waals surface area contributed by atoms with Gasteiger partial charge in [0.05, 0.1) is 18.7 Å². The van der Waals surface area contributed by atoms with Gasteiger partial charge in [0, 0.05) is 6.54 Å². The van der Waals surface area contributed by atoms with Crippen LogP contribution in [0.15, 0.2) is 0 Å². The Morgan fingerprint density at radius 1 is 1.44 bits per heavy atom. The van der Waals surface area contributed by atoms with Crippen LogP contribution in [0.5, 0.6) is 0 Å². The fraction of sp³-hybridized carbons (Fsp3) is 0.917. The topological polar surface area (TPSA) is 67.1 Å². The Morgan fingerprint density at radius 2 is 2.22 bits per heavy atom. The highest BCUT2D eigenvalue weighted by molar-refractivity contribution is 4.85. The van der Waals surface area contributed by atoms with Gasteiger partial charge in [-0.05, 0) is 50.1 Å². The second kappa shape index (κ2) is 5.75. The summed E-state index contributed by atoms with van der Waals surface area (Å²) in [5, 5.41) is 21.6. The molecule has 1 aromatic rings. The predicted molar refractivity (Wildman–Crippen MR) is 67.9 cm³/mol. The number of tetrazole rings is 1. The summed E-state index contributed by atoms with van der Waals surface area (Å²) < 4.78 is 1.85. The summed E-state index contributed by atoms with van der Waals surface area (Å²) in [6.07, 6.45) is 3.08. The molecule has 18 heavy (non-hydrogen) atoms. The van der Waals surface area contributed by atoms with Crippen LogP contribution in [0.1, 0.15) is 45.0 Å². The van der Waals surface area contributed by atoms with Crippen molar-refractivity contribution in [2.24, 2.45) is 5.92 Å². The number of aliphatic hydroxyl groups is 1. The zero-order valence-corrected chi connectivity index (χ0v) is 11.5. The first-order valence-electron chi connectivity index (χ1n) is 6.71. The zero-order chi connectivity index (χ0) is 13.1. The minimum Gasteiger partial charge on any atom is -0.393 e. The van der Waals surface area contributed by atoms with E-state index in [0.717, 1.165) is 38.2 Å². The van der Waals surface area contributed by atoms with Crippen molar-refractivity contribution in [2.45, 2.75) is 51.8 Å². The van der Waals surface area contributed by atoms with Gasteiger partial charge in [-0.15, -0.1) is 5.10 Å². The molecule has 1 aliphatic carbocycles. The summed E-state index contributed by atoms with van der Waals surface area (Å²) in [6, 6.07) is 0.278. The lowest BCUT2D eigenvalue weighted by atomic mass is 10.1. The lowest BCUT2D eigenvalue weighted by molar-refractivity contribution is 0.106. The van der Waals surface area contributed by atoms with Crippen LogP contribution in [0.25, 0.3) is 0 Å². The molecule has 6 heteroatoms. The van der Waals surface area contributed by atoms with Gasteiger partial charge in [-0.1, -0.05) is 6.42 Å². The zero-order valence-electron chi connectivity index (χ0n) is 11.5. The highest BCUT2D eigenvalue weighted by Gasteiger charge is 2.26. The first kappa shape index (κ1) is 13.4. The van der Waals surface area contributed by atoms with Crippen LogP contribution in [0.4, 0.5) is 0 Å². The van der Waals surface area contributed by atoms with Crippen molar-refractivity contribution in [3.05, 3.63) is 5.82 Å². The van der Waals surface area contributed by atoms with E-state index in [0.29, 0.717) is 5.92 Å². The number of hydrogen-bond donors (Lipinski definition) is 1. The van der Waals surface area contributed by atoms with Crippen LogP contribution in [-0.4, -0.2) is 49.9 Å². The second-order valence-electron chi connectivity index (χ2n) is 5.59. The molecule has 0 amide bonds. The predicted octanol–water partition coefficient (Wildman–Crippen LogP) is 0.847. The van der Waals surface area contributed by atoms with Crippen molar-refractivity contribution in [3.63, 3.8) is 0 Å². The molecule has 1 aromatic heterocycles. The number of nitrogens with zero attached hydrogens (tertiary/aromatic N) is 5. The molecule has 1 fully saturated rings. The number of aliphatic hydroxyl groups excluding tert-OH is 1. The Labute approximate surface area is 108 Å². The summed E-state index contributed by atoms with van der Waals surface area (Å²) >= 11 is 0. The SMILES string of the molecule is CC(C)n1nnnc1CN(C)CC1CCCC1O. The lowest BCUT2D eigenvalue weighted by Crippen LogP contribution is -2.30. The summed E-state index contributed by atoms with van der Waals surface area (Å²) in [5.41, 5.74) is 0. The molecule has 1 heterocycles. The third-order valence-electron chi connectivity index (χ3n) is 3.63. The quantitative estimate of drug-likeness (QED) is 0.842. The molecule has 0 aliphatic heterocycles. The molecule has 0 bridgehead atoms. The summed E-state index contributed by atoms with van der Waals surface area (Å²) in [7, 11) is 2.06. The van der Waals surface area contributed by atoms with Crippen molar-refractivity contribution in [1.29, 1.82) is 0 Å². The molecule has 2 rings (SSSR count). The highest BCUT2D eigenvalue weighted by atomic mass is 16.3. The fourth-order valence-electron chi connectivity index (χ4n) is 2.65. The van der Waals surface area contributed by atoms with E-state index in [-0.39, 0.29) is 12.1 Å². The van der Waals surface area contributed by atoms with Gasteiger partial charge in [0.1, 0.15) is 0 Å². The molecule has 2 unspecified atom stereocenters. The lowest BCUT2D eigenvalue weighted by Gasteiger charge is -2.22. The van der Waals surface area contributed by atoms with Gasteiger partial charge >= 0.3 is 0 Å². The monoisotopic (exact) mass is 253 g/mol. The minimum atomic E-state index is -0.131. The van der Waals surface area contributed by atoms with Crippen LogP contribution < -0.4 is 0 Å². The van der Waals surface area contributed by atoms with E-state index in [1.807, 2.05) is 4.68 Å². The Balaban J connectivity index is 1.90. The van der Waals surface area contributed by atoms with Crippen LogP contribution in [0.3, 0.4) is 0 Å². The molecular weight excluding hydrogens is 230 g/mol. The second-order valence-corrected chi connectivity index (χ2v) is 5.59. The molecule has 2 atom stereocenters. The van der Waals surface area contributed by atoms with Crippen LogP contribution >= 0.6 is 0 Å².